The zero-order chi connectivity index (χ0) is 9.10. The number of rotatable bonds is 4. The lowest BCUT2D eigenvalue weighted by atomic mass is 10.00. The van der Waals surface area contributed by atoms with Crippen molar-refractivity contribution in [2.75, 3.05) is 19.6 Å². The maximum Gasteiger partial charge on any atom is 0.0948 e. The van der Waals surface area contributed by atoms with Crippen LogP contribution in [0.5, 0.6) is 0 Å². The molecule has 0 spiro atoms. The summed E-state index contributed by atoms with van der Waals surface area (Å²) in [7, 11) is 0. The molecular weight excluding hydrogens is 164 g/mol. The number of nitrogens with one attached hydrogen (secondary N) is 1. The molecule has 0 radical (unpaired) electrons. The Labute approximate surface area is 78.1 Å². The first-order chi connectivity index (χ1) is 6.42. The molecule has 13 heavy (non-hydrogen) atoms. The second-order valence-corrected chi connectivity index (χ2v) is 3.51. The quantitative estimate of drug-likeness (QED) is 0.681. The molecule has 1 saturated heterocycles. The summed E-state index contributed by atoms with van der Waals surface area (Å²) in [6.07, 6.45) is 4.91. The molecule has 0 aromatic carbocycles. The molecular formula is C9H16N4. The minimum Gasteiger partial charge on any atom is -0.334 e. The average molecular weight is 180 g/mol. The van der Waals surface area contributed by atoms with E-state index in [-0.39, 0.29) is 0 Å². The van der Waals surface area contributed by atoms with Crippen LogP contribution in [0, 0.1) is 0 Å². The van der Waals surface area contributed by atoms with Gasteiger partial charge in [0.15, 0.2) is 0 Å². The third kappa shape index (κ3) is 1.73. The van der Waals surface area contributed by atoms with Gasteiger partial charge in [0.1, 0.15) is 0 Å². The summed E-state index contributed by atoms with van der Waals surface area (Å²) in [5, 5.41) is 3.27. The molecule has 1 fully saturated rings. The lowest BCUT2D eigenvalue weighted by Gasteiger charge is -2.27. The second-order valence-electron chi connectivity index (χ2n) is 3.51. The lowest BCUT2D eigenvalue weighted by molar-refractivity contribution is 0.422. The van der Waals surface area contributed by atoms with Crippen molar-refractivity contribution >= 4 is 0 Å². The van der Waals surface area contributed by atoms with E-state index in [1.165, 1.54) is 5.69 Å². The van der Waals surface area contributed by atoms with E-state index in [9.17, 15) is 0 Å². The number of aryl methyl sites for hydroxylation is 1. The zero-order valence-corrected chi connectivity index (χ0v) is 7.74. The standard InChI is InChI=1S/C9H16N4/c10-2-1-3-13-7-12-6-9(13)8-4-11-5-8/h6-8,11H,1-5,10H2. The number of hydrogen-bond donors (Lipinski definition) is 2. The minimum absolute atomic E-state index is 0.667. The molecule has 0 unspecified atom stereocenters. The van der Waals surface area contributed by atoms with Crippen LogP contribution in [0.4, 0.5) is 0 Å². The highest BCUT2D eigenvalue weighted by atomic mass is 15.1. The van der Waals surface area contributed by atoms with Gasteiger partial charge in [-0.3, -0.25) is 0 Å². The maximum atomic E-state index is 5.47. The first-order valence-electron chi connectivity index (χ1n) is 4.82. The van der Waals surface area contributed by atoms with E-state index in [4.69, 9.17) is 5.73 Å². The van der Waals surface area contributed by atoms with Crippen LogP contribution >= 0.6 is 0 Å². The fourth-order valence-electron chi connectivity index (χ4n) is 1.62. The summed E-state index contributed by atoms with van der Waals surface area (Å²) in [6.45, 7) is 3.94. The third-order valence-electron chi connectivity index (χ3n) is 2.55. The van der Waals surface area contributed by atoms with Crippen LogP contribution in [0.15, 0.2) is 12.5 Å². The van der Waals surface area contributed by atoms with E-state index >= 15 is 0 Å². The first-order valence-corrected chi connectivity index (χ1v) is 4.82. The van der Waals surface area contributed by atoms with Gasteiger partial charge in [-0.2, -0.15) is 0 Å². The molecule has 1 aromatic rings. The van der Waals surface area contributed by atoms with Gasteiger partial charge in [0.2, 0.25) is 0 Å². The van der Waals surface area contributed by atoms with Crippen LogP contribution in [0.2, 0.25) is 0 Å². The Bertz CT molecular complexity index is 264. The Hall–Kier alpha value is -0.870. The van der Waals surface area contributed by atoms with Crippen LogP contribution in [0.25, 0.3) is 0 Å². The predicted molar refractivity (Wildman–Crippen MR) is 51.5 cm³/mol. The molecule has 1 aliphatic heterocycles. The maximum absolute atomic E-state index is 5.47. The SMILES string of the molecule is NCCCn1cncc1C1CNC1. The molecule has 2 rings (SSSR count). The number of aromatic nitrogens is 2. The number of nitrogens with two attached hydrogens (primary N) is 1. The molecule has 0 amide bonds. The van der Waals surface area contributed by atoms with Crippen molar-refractivity contribution < 1.29 is 0 Å². The van der Waals surface area contributed by atoms with Crippen molar-refractivity contribution in [1.29, 1.82) is 0 Å². The molecule has 2 heterocycles. The van der Waals surface area contributed by atoms with Gasteiger partial charge in [-0.1, -0.05) is 0 Å². The Morgan fingerprint density at radius 2 is 2.46 bits per heavy atom. The van der Waals surface area contributed by atoms with Crippen LogP contribution in [0.3, 0.4) is 0 Å². The van der Waals surface area contributed by atoms with E-state index in [0.29, 0.717) is 5.92 Å². The summed E-state index contributed by atoms with van der Waals surface area (Å²) in [6, 6.07) is 0. The molecule has 4 nitrogen and oxygen atoms in total. The molecule has 1 aromatic heterocycles. The normalized spacial score (nSPS) is 17.3. The van der Waals surface area contributed by atoms with Crippen molar-refractivity contribution in [2.45, 2.75) is 18.9 Å². The molecule has 72 valence electrons. The van der Waals surface area contributed by atoms with Gasteiger partial charge in [-0.05, 0) is 13.0 Å². The fourth-order valence-corrected chi connectivity index (χ4v) is 1.62. The van der Waals surface area contributed by atoms with Crippen LogP contribution in [-0.2, 0) is 6.54 Å². The van der Waals surface area contributed by atoms with Crippen molar-refractivity contribution in [1.82, 2.24) is 14.9 Å². The number of hydrogen-bond acceptors (Lipinski definition) is 3. The van der Waals surface area contributed by atoms with Gasteiger partial charge in [0, 0.05) is 37.4 Å². The van der Waals surface area contributed by atoms with E-state index in [0.717, 1.165) is 32.6 Å². The van der Waals surface area contributed by atoms with Gasteiger partial charge in [0.25, 0.3) is 0 Å². The Morgan fingerprint density at radius 3 is 3.08 bits per heavy atom. The number of nitrogens with zero attached hydrogens (tertiary/aromatic N) is 2. The summed E-state index contributed by atoms with van der Waals surface area (Å²) in [5.41, 5.74) is 6.83. The van der Waals surface area contributed by atoms with Gasteiger partial charge < -0.3 is 15.6 Å². The smallest absolute Gasteiger partial charge is 0.0948 e. The second kappa shape index (κ2) is 3.89. The first kappa shape index (κ1) is 8.72. The molecule has 0 atom stereocenters. The molecule has 0 bridgehead atoms. The fraction of sp³-hybridized carbons (Fsp3) is 0.667. The van der Waals surface area contributed by atoms with E-state index in [2.05, 4.69) is 14.9 Å². The highest BCUT2D eigenvalue weighted by Crippen LogP contribution is 2.19. The van der Waals surface area contributed by atoms with Gasteiger partial charge in [-0.25, -0.2) is 4.98 Å². The van der Waals surface area contributed by atoms with Crippen LogP contribution < -0.4 is 11.1 Å². The number of imidazole rings is 1. The molecule has 0 saturated carbocycles. The summed E-state index contributed by atoms with van der Waals surface area (Å²) < 4.78 is 2.22. The van der Waals surface area contributed by atoms with Gasteiger partial charge >= 0.3 is 0 Å². The largest absolute Gasteiger partial charge is 0.334 e. The third-order valence-corrected chi connectivity index (χ3v) is 2.55. The Kier molecular flexibility index (Phi) is 2.61. The highest BCUT2D eigenvalue weighted by molar-refractivity contribution is 5.11. The molecule has 3 N–H and O–H groups in total. The lowest BCUT2D eigenvalue weighted by Crippen LogP contribution is -2.40. The van der Waals surface area contributed by atoms with Crippen LogP contribution in [-0.4, -0.2) is 29.2 Å². The minimum atomic E-state index is 0.667. The molecule has 1 aliphatic rings. The monoisotopic (exact) mass is 180 g/mol. The van der Waals surface area contributed by atoms with E-state index in [1.54, 1.807) is 0 Å². The van der Waals surface area contributed by atoms with E-state index in [1.807, 2.05) is 12.5 Å². The Morgan fingerprint density at radius 1 is 1.62 bits per heavy atom. The summed E-state index contributed by atoms with van der Waals surface area (Å²) >= 11 is 0. The van der Waals surface area contributed by atoms with Gasteiger partial charge in [0.05, 0.1) is 6.33 Å². The van der Waals surface area contributed by atoms with E-state index < -0.39 is 0 Å². The predicted octanol–water partition coefficient (Wildman–Crippen LogP) is -0.0813. The molecule has 0 aliphatic carbocycles. The zero-order valence-electron chi connectivity index (χ0n) is 7.74. The van der Waals surface area contributed by atoms with Crippen molar-refractivity contribution in [3.05, 3.63) is 18.2 Å². The van der Waals surface area contributed by atoms with Gasteiger partial charge in [-0.15, -0.1) is 0 Å². The molecule has 4 heteroatoms. The van der Waals surface area contributed by atoms with Crippen molar-refractivity contribution in [3.63, 3.8) is 0 Å². The van der Waals surface area contributed by atoms with Crippen molar-refractivity contribution in [2.24, 2.45) is 5.73 Å². The average Bonchev–Trinajstić information content (AvgIpc) is 2.46. The Balaban J connectivity index is 2.02. The topological polar surface area (TPSA) is 55.9 Å². The summed E-state index contributed by atoms with van der Waals surface area (Å²) in [4.78, 5) is 4.17. The summed E-state index contributed by atoms with van der Waals surface area (Å²) in [5.74, 6) is 0.667. The van der Waals surface area contributed by atoms with Crippen molar-refractivity contribution in [3.8, 4) is 0 Å². The highest BCUT2D eigenvalue weighted by Gasteiger charge is 2.21. The van der Waals surface area contributed by atoms with Crippen LogP contribution in [0.1, 0.15) is 18.0 Å².